The van der Waals surface area contributed by atoms with E-state index in [-0.39, 0.29) is 11.7 Å². The number of rotatable bonds is 7. The molecule has 0 saturated carbocycles. The summed E-state index contributed by atoms with van der Waals surface area (Å²) in [6, 6.07) is 0. The van der Waals surface area contributed by atoms with Crippen molar-refractivity contribution < 1.29 is 9.53 Å². The van der Waals surface area contributed by atoms with Crippen molar-refractivity contribution in [3.8, 4) is 0 Å². The van der Waals surface area contributed by atoms with Crippen LogP contribution in [0.5, 0.6) is 0 Å². The SMILES string of the molecule is C=C[Si](C=C)(C=C)C(CC)OC(=O)C(=C)C. The minimum Gasteiger partial charge on any atom is -0.462 e. The smallest absolute Gasteiger partial charge is 0.333 e. The first-order valence-corrected chi connectivity index (χ1v) is 7.55. The van der Waals surface area contributed by atoms with Gasteiger partial charge in [-0.15, -0.1) is 19.7 Å². The number of esters is 1. The lowest BCUT2D eigenvalue weighted by Gasteiger charge is -2.29. The van der Waals surface area contributed by atoms with E-state index in [0.29, 0.717) is 5.57 Å². The van der Waals surface area contributed by atoms with Gasteiger partial charge in [-0.2, -0.15) is 0 Å². The minimum absolute atomic E-state index is 0.204. The molecule has 0 N–H and O–H groups in total. The lowest BCUT2D eigenvalue weighted by Crippen LogP contribution is -2.45. The van der Waals surface area contributed by atoms with Crippen LogP contribution in [-0.4, -0.2) is 19.8 Å². The summed E-state index contributed by atoms with van der Waals surface area (Å²) in [6.45, 7) is 18.6. The van der Waals surface area contributed by atoms with Crippen molar-refractivity contribution in [1.29, 1.82) is 0 Å². The van der Waals surface area contributed by atoms with Crippen LogP contribution in [0.25, 0.3) is 0 Å². The van der Waals surface area contributed by atoms with E-state index in [1.165, 1.54) is 0 Å². The average Bonchev–Trinajstić information content (AvgIpc) is 2.29. The van der Waals surface area contributed by atoms with Gasteiger partial charge in [0, 0.05) is 5.57 Å². The summed E-state index contributed by atoms with van der Waals surface area (Å²) in [5.41, 5.74) is 5.68. The first-order valence-electron chi connectivity index (χ1n) is 5.24. The average molecular weight is 236 g/mol. The van der Waals surface area contributed by atoms with Crippen LogP contribution in [0.15, 0.2) is 49.0 Å². The van der Waals surface area contributed by atoms with Crippen LogP contribution in [0.2, 0.25) is 0 Å². The molecule has 0 aliphatic rings. The fourth-order valence-electron chi connectivity index (χ4n) is 1.41. The van der Waals surface area contributed by atoms with Gasteiger partial charge in [0.25, 0.3) is 0 Å². The first-order chi connectivity index (χ1) is 7.47. The van der Waals surface area contributed by atoms with Crippen LogP contribution in [0.4, 0.5) is 0 Å². The Kier molecular flexibility index (Phi) is 5.75. The minimum atomic E-state index is -2.15. The maximum absolute atomic E-state index is 11.5. The van der Waals surface area contributed by atoms with Crippen molar-refractivity contribution in [3.05, 3.63) is 49.0 Å². The Labute approximate surface area is 99.0 Å². The molecular formula is C13H20O2Si. The quantitative estimate of drug-likeness (QED) is 0.386. The van der Waals surface area contributed by atoms with Crippen molar-refractivity contribution in [3.63, 3.8) is 0 Å². The third kappa shape index (κ3) is 3.07. The lowest BCUT2D eigenvalue weighted by atomic mass is 10.4. The van der Waals surface area contributed by atoms with Gasteiger partial charge in [-0.1, -0.05) is 30.6 Å². The largest absolute Gasteiger partial charge is 0.462 e. The monoisotopic (exact) mass is 236 g/mol. The molecule has 16 heavy (non-hydrogen) atoms. The topological polar surface area (TPSA) is 26.3 Å². The molecule has 0 aliphatic heterocycles. The molecule has 0 bridgehead atoms. The zero-order valence-corrected chi connectivity index (χ0v) is 11.2. The molecule has 0 aromatic rings. The number of carbonyl (C=O) groups is 1. The second-order valence-electron chi connectivity index (χ2n) is 3.69. The van der Waals surface area contributed by atoms with Crippen LogP contribution in [-0.2, 0) is 9.53 Å². The van der Waals surface area contributed by atoms with E-state index in [1.807, 2.05) is 24.0 Å². The molecule has 0 aromatic carbocycles. The molecule has 0 saturated heterocycles. The Balaban J connectivity index is 5.03. The Morgan fingerprint density at radius 2 is 1.75 bits per heavy atom. The summed E-state index contributed by atoms with van der Waals surface area (Å²) in [5.74, 6) is -0.366. The van der Waals surface area contributed by atoms with Gasteiger partial charge < -0.3 is 4.74 Å². The fourth-order valence-corrected chi connectivity index (χ4v) is 3.72. The summed E-state index contributed by atoms with van der Waals surface area (Å²) in [7, 11) is -2.15. The van der Waals surface area contributed by atoms with Gasteiger partial charge >= 0.3 is 5.97 Å². The fraction of sp³-hybridized carbons (Fsp3) is 0.308. The van der Waals surface area contributed by atoms with E-state index in [1.54, 1.807) is 6.92 Å². The highest BCUT2D eigenvalue weighted by atomic mass is 28.3. The predicted octanol–water partition coefficient (Wildman–Crippen LogP) is 3.05. The number of ether oxygens (including phenoxy) is 1. The van der Waals surface area contributed by atoms with Crippen molar-refractivity contribution in [1.82, 2.24) is 0 Å². The number of hydrogen-bond acceptors (Lipinski definition) is 2. The summed E-state index contributed by atoms with van der Waals surface area (Å²) in [6.07, 6.45) is 0.718. The normalized spacial score (nSPS) is 12.4. The van der Waals surface area contributed by atoms with Crippen LogP contribution in [0.1, 0.15) is 20.3 Å². The summed E-state index contributed by atoms with van der Waals surface area (Å²) >= 11 is 0. The highest BCUT2D eigenvalue weighted by molar-refractivity contribution is 6.94. The molecule has 1 atom stereocenters. The standard InChI is InChI=1S/C13H20O2Si/c1-7-12(15-13(14)11(5)6)16(8-2,9-3)10-4/h8-10,12H,2-5,7H2,1,6H3. The molecular weight excluding hydrogens is 216 g/mol. The predicted molar refractivity (Wildman–Crippen MR) is 71.3 cm³/mol. The van der Waals surface area contributed by atoms with Crippen LogP contribution >= 0.6 is 0 Å². The van der Waals surface area contributed by atoms with Crippen molar-refractivity contribution in [2.24, 2.45) is 0 Å². The van der Waals surface area contributed by atoms with E-state index in [9.17, 15) is 4.79 Å². The lowest BCUT2D eigenvalue weighted by molar-refractivity contribution is -0.141. The van der Waals surface area contributed by atoms with Crippen molar-refractivity contribution >= 4 is 14.0 Å². The molecule has 0 aromatic heterocycles. The van der Waals surface area contributed by atoms with E-state index >= 15 is 0 Å². The van der Waals surface area contributed by atoms with Gasteiger partial charge in [-0.3, -0.25) is 0 Å². The Morgan fingerprint density at radius 3 is 2.00 bits per heavy atom. The molecule has 2 nitrogen and oxygen atoms in total. The molecule has 0 rings (SSSR count). The van der Waals surface area contributed by atoms with E-state index < -0.39 is 8.07 Å². The Morgan fingerprint density at radius 1 is 1.31 bits per heavy atom. The molecule has 3 heteroatoms. The first kappa shape index (κ1) is 14.6. The van der Waals surface area contributed by atoms with Gasteiger partial charge in [-0.05, 0) is 13.3 Å². The Bertz CT molecular complexity index is 296. The van der Waals surface area contributed by atoms with Gasteiger partial charge in [-0.25, -0.2) is 4.79 Å². The van der Waals surface area contributed by atoms with Crippen LogP contribution in [0.3, 0.4) is 0 Å². The highest BCUT2D eigenvalue weighted by Gasteiger charge is 2.35. The van der Waals surface area contributed by atoms with Gasteiger partial charge in [0.2, 0.25) is 0 Å². The molecule has 0 radical (unpaired) electrons. The van der Waals surface area contributed by atoms with Gasteiger partial charge in [0.15, 0.2) is 8.07 Å². The molecule has 0 fully saturated rings. The summed E-state index contributed by atoms with van der Waals surface area (Å²) in [4.78, 5) is 11.5. The molecule has 0 aliphatic carbocycles. The van der Waals surface area contributed by atoms with Crippen molar-refractivity contribution in [2.75, 3.05) is 0 Å². The zero-order valence-electron chi connectivity index (χ0n) is 10.2. The third-order valence-electron chi connectivity index (χ3n) is 2.59. The van der Waals surface area contributed by atoms with Gasteiger partial charge in [0.1, 0.15) is 5.73 Å². The number of carbonyl (C=O) groups excluding carboxylic acids is 1. The van der Waals surface area contributed by atoms with E-state index in [4.69, 9.17) is 4.74 Å². The molecule has 0 amide bonds. The van der Waals surface area contributed by atoms with E-state index in [2.05, 4.69) is 26.3 Å². The second kappa shape index (κ2) is 6.28. The second-order valence-corrected chi connectivity index (χ2v) is 7.56. The Hall–Kier alpha value is -1.35. The summed E-state index contributed by atoms with van der Waals surface area (Å²) in [5, 5.41) is 0. The molecule has 0 heterocycles. The van der Waals surface area contributed by atoms with Crippen LogP contribution < -0.4 is 0 Å². The maximum Gasteiger partial charge on any atom is 0.333 e. The van der Waals surface area contributed by atoms with E-state index in [0.717, 1.165) is 6.42 Å². The maximum atomic E-state index is 11.5. The summed E-state index contributed by atoms with van der Waals surface area (Å²) < 4.78 is 5.41. The molecule has 0 spiro atoms. The van der Waals surface area contributed by atoms with Crippen molar-refractivity contribution in [2.45, 2.75) is 26.0 Å². The van der Waals surface area contributed by atoms with Gasteiger partial charge in [0.05, 0.1) is 0 Å². The number of hydrogen-bond donors (Lipinski definition) is 0. The molecule has 1 unspecified atom stereocenters. The zero-order chi connectivity index (χ0) is 12.8. The third-order valence-corrected chi connectivity index (χ3v) is 6.35. The highest BCUT2D eigenvalue weighted by Crippen LogP contribution is 2.20. The molecule has 88 valence electrons. The van der Waals surface area contributed by atoms with Crippen LogP contribution in [0, 0.1) is 0 Å².